The Kier molecular flexibility index (Phi) is 4.36. The van der Waals surface area contributed by atoms with E-state index in [1.807, 2.05) is 29.0 Å². The summed E-state index contributed by atoms with van der Waals surface area (Å²) in [5.74, 6) is 1.32. The van der Waals surface area contributed by atoms with Gasteiger partial charge in [0.25, 0.3) is 0 Å². The zero-order chi connectivity index (χ0) is 12.8. The van der Waals surface area contributed by atoms with Gasteiger partial charge in [0.05, 0.1) is 6.61 Å². The van der Waals surface area contributed by atoms with E-state index in [1.54, 1.807) is 13.3 Å². The molecule has 1 atom stereocenters. The molecule has 1 N–H and O–H groups in total. The zero-order valence-corrected chi connectivity index (χ0v) is 10.8. The second-order valence-corrected chi connectivity index (χ2v) is 4.40. The van der Waals surface area contributed by atoms with E-state index in [9.17, 15) is 0 Å². The fourth-order valence-corrected chi connectivity index (χ4v) is 1.84. The van der Waals surface area contributed by atoms with Crippen LogP contribution in [0.5, 0.6) is 0 Å². The predicted octanol–water partition coefficient (Wildman–Crippen LogP) is 2.57. The summed E-state index contributed by atoms with van der Waals surface area (Å²) < 4.78 is 7.16. The molecule has 2 rings (SSSR count). The Labute approximate surface area is 108 Å². The number of ether oxygens (including phenoxy) is 1. The van der Waals surface area contributed by atoms with Crippen LogP contribution in [0.1, 0.15) is 6.92 Å². The maximum absolute atomic E-state index is 5.12. The molecule has 2 aromatic rings. The van der Waals surface area contributed by atoms with Gasteiger partial charge in [-0.3, -0.25) is 4.57 Å². The molecule has 0 aliphatic heterocycles. The monoisotopic (exact) mass is 245 g/mol. The first-order valence-corrected chi connectivity index (χ1v) is 6.13. The van der Waals surface area contributed by atoms with Gasteiger partial charge in [0.1, 0.15) is 0 Å². The molecule has 0 saturated heterocycles. The summed E-state index contributed by atoms with van der Waals surface area (Å²) in [5, 5.41) is 3.35. The molecule has 0 fully saturated rings. The first kappa shape index (κ1) is 12.6. The molecule has 1 unspecified atom stereocenters. The van der Waals surface area contributed by atoms with Crippen molar-refractivity contribution in [1.29, 1.82) is 0 Å². The Bertz CT molecular complexity index is 467. The highest BCUT2D eigenvalue weighted by atomic mass is 16.5. The fourth-order valence-electron chi connectivity index (χ4n) is 1.84. The van der Waals surface area contributed by atoms with Crippen molar-refractivity contribution in [3.63, 3.8) is 0 Å². The van der Waals surface area contributed by atoms with E-state index in [1.165, 1.54) is 0 Å². The van der Waals surface area contributed by atoms with Crippen LogP contribution in [-0.2, 0) is 4.74 Å². The van der Waals surface area contributed by atoms with Crippen molar-refractivity contribution >= 4 is 5.95 Å². The van der Waals surface area contributed by atoms with Crippen molar-refractivity contribution in [2.24, 2.45) is 5.92 Å². The summed E-state index contributed by atoms with van der Waals surface area (Å²) in [5.41, 5.74) is 1.11. The molecule has 0 spiro atoms. The van der Waals surface area contributed by atoms with Gasteiger partial charge >= 0.3 is 0 Å². The second kappa shape index (κ2) is 6.21. The Morgan fingerprint density at radius 3 is 2.83 bits per heavy atom. The van der Waals surface area contributed by atoms with E-state index in [0.29, 0.717) is 5.92 Å². The van der Waals surface area contributed by atoms with Crippen molar-refractivity contribution in [2.45, 2.75) is 6.92 Å². The molecule has 4 heteroatoms. The summed E-state index contributed by atoms with van der Waals surface area (Å²) in [6, 6.07) is 10.2. The zero-order valence-electron chi connectivity index (χ0n) is 10.8. The third kappa shape index (κ3) is 3.11. The lowest BCUT2D eigenvalue weighted by atomic mass is 10.2. The fraction of sp³-hybridized carbons (Fsp3) is 0.357. The molecular weight excluding hydrogens is 226 g/mol. The SMILES string of the molecule is COCC(C)CNc1nccn1-c1ccccc1. The molecule has 96 valence electrons. The molecule has 0 saturated carbocycles. The van der Waals surface area contributed by atoms with Crippen LogP contribution >= 0.6 is 0 Å². The summed E-state index contributed by atoms with van der Waals surface area (Å²) in [4.78, 5) is 4.34. The number of nitrogens with one attached hydrogen (secondary N) is 1. The second-order valence-electron chi connectivity index (χ2n) is 4.40. The summed E-state index contributed by atoms with van der Waals surface area (Å²) in [6.45, 7) is 3.74. The number of benzene rings is 1. The van der Waals surface area contributed by atoms with E-state index >= 15 is 0 Å². The number of hydrogen-bond donors (Lipinski definition) is 1. The lowest BCUT2D eigenvalue weighted by molar-refractivity contribution is 0.164. The Balaban J connectivity index is 2.05. The Morgan fingerprint density at radius 1 is 1.33 bits per heavy atom. The van der Waals surface area contributed by atoms with Crippen LogP contribution in [0.2, 0.25) is 0 Å². The molecule has 1 aromatic heterocycles. The van der Waals surface area contributed by atoms with E-state index < -0.39 is 0 Å². The number of anilines is 1. The number of methoxy groups -OCH3 is 1. The van der Waals surface area contributed by atoms with Crippen molar-refractivity contribution in [1.82, 2.24) is 9.55 Å². The molecule has 18 heavy (non-hydrogen) atoms. The minimum atomic E-state index is 0.455. The molecule has 0 aliphatic carbocycles. The highest BCUT2D eigenvalue weighted by Gasteiger charge is 2.06. The molecule has 0 aliphatic rings. The average molecular weight is 245 g/mol. The maximum atomic E-state index is 5.12. The lowest BCUT2D eigenvalue weighted by Crippen LogP contribution is -2.17. The van der Waals surface area contributed by atoms with E-state index in [0.717, 1.165) is 24.8 Å². The number of aromatic nitrogens is 2. The number of hydrogen-bond acceptors (Lipinski definition) is 3. The van der Waals surface area contributed by atoms with Gasteiger partial charge in [0.15, 0.2) is 0 Å². The number of nitrogens with zero attached hydrogens (tertiary/aromatic N) is 2. The number of imidazole rings is 1. The van der Waals surface area contributed by atoms with Gasteiger partial charge in [-0.15, -0.1) is 0 Å². The van der Waals surface area contributed by atoms with Gasteiger partial charge in [-0.1, -0.05) is 25.1 Å². The topological polar surface area (TPSA) is 39.1 Å². The van der Waals surface area contributed by atoms with Gasteiger partial charge in [0, 0.05) is 31.7 Å². The van der Waals surface area contributed by atoms with Gasteiger partial charge in [-0.2, -0.15) is 0 Å². The minimum Gasteiger partial charge on any atom is -0.384 e. The molecule has 4 nitrogen and oxygen atoms in total. The molecule has 1 heterocycles. The van der Waals surface area contributed by atoms with Crippen LogP contribution in [0, 0.1) is 5.92 Å². The predicted molar refractivity (Wildman–Crippen MR) is 73.1 cm³/mol. The molecule has 0 bridgehead atoms. The number of para-hydroxylation sites is 1. The van der Waals surface area contributed by atoms with Gasteiger partial charge < -0.3 is 10.1 Å². The van der Waals surface area contributed by atoms with Crippen LogP contribution in [0.15, 0.2) is 42.7 Å². The highest BCUT2D eigenvalue weighted by Crippen LogP contribution is 2.14. The largest absolute Gasteiger partial charge is 0.384 e. The summed E-state index contributed by atoms with van der Waals surface area (Å²) >= 11 is 0. The smallest absolute Gasteiger partial charge is 0.207 e. The summed E-state index contributed by atoms with van der Waals surface area (Å²) in [7, 11) is 1.72. The standard InChI is InChI=1S/C14H19N3O/c1-12(11-18-2)10-16-14-15-8-9-17(14)13-6-4-3-5-7-13/h3-9,12H,10-11H2,1-2H3,(H,15,16). The molecule has 0 amide bonds. The van der Waals surface area contributed by atoms with E-state index in [2.05, 4.69) is 29.4 Å². The van der Waals surface area contributed by atoms with Crippen LogP contribution in [0.25, 0.3) is 5.69 Å². The van der Waals surface area contributed by atoms with Crippen molar-refractivity contribution < 1.29 is 4.74 Å². The first-order chi connectivity index (χ1) is 8.81. The minimum absolute atomic E-state index is 0.455. The highest BCUT2D eigenvalue weighted by molar-refractivity contribution is 5.41. The summed E-state index contributed by atoms with van der Waals surface area (Å²) in [6.07, 6.45) is 3.76. The van der Waals surface area contributed by atoms with Crippen LogP contribution < -0.4 is 5.32 Å². The van der Waals surface area contributed by atoms with Crippen molar-refractivity contribution in [3.8, 4) is 5.69 Å². The average Bonchev–Trinajstić information content (AvgIpc) is 2.86. The van der Waals surface area contributed by atoms with Gasteiger partial charge in [-0.25, -0.2) is 4.98 Å². The normalized spacial score (nSPS) is 12.3. The van der Waals surface area contributed by atoms with Crippen LogP contribution in [0.4, 0.5) is 5.95 Å². The Hall–Kier alpha value is -1.81. The third-order valence-electron chi connectivity index (χ3n) is 2.73. The van der Waals surface area contributed by atoms with E-state index in [4.69, 9.17) is 4.74 Å². The number of rotatable bonds is 6. The molecule has 1 aromatic carbocycles. The molecular formula is C14H19N3O. The Morgan fingerprint density at radius 2 is 2.11 bits per heavy atom. The van der Waals surface area contributed by atoms with Crippen molar-refractivity contribution in [3.05, 3.63) is 42.7 Å². The lowest BCUT2D eigenvalue weighted by Gasteiger charge is -2.13. The molecule has 0 radical (unpaired) electrons. The van der Waals surface area contributed by atoms with E-state index in [-0.39, 0.29) is 0 Å². The van der Waals surface area contributed by atoms with Gasteiger partial charge in [-0.05, 0) is 18.1 Å². The van der Waals surface area contributed by atoms with Crippen LogP contribution in [-0.4, -0.2) is 29.8 Å². The maximum Gasteiger partial charge on any atom is 0.207 e. The van der Waals surface area contributed by atoms with Crippen LogP contribution in [0.3, 0.4) is 0 Å². The van der Waals surface area contributed by atoms with Crippen molar-refractivity contribution in [2.75, 3.05) is 25.6 Å². The quantitative estimate of drug-likeness (QED) is 0.850. The third-order valence-corrected chi connectivity index (χ3v) is 2.73. The first-order valence-electron chi connectivity index (χ1n) is 6.13. The van der Waals surface area contributed by atoms with Gasteiger partial charge in [0.2, 0.25) is 5.95 Å².